The van der Waals surface area contributed by atoms with E-state index in [2.05, 4.69) is 27.9 Å². The van der Waals surface area contributed by atoms with E-state index in [0.717, 1.165) is 57.9 Å². The summed E-state index contributed by atoms with van der Waals surface area (Å²) in [6.07, 6.45) is 6.90. The fourth-order valence-electron chi connectivity index (χ4n) is 3.44. The summed E-state index contributed by atoms with van der Waals surface area (Å²) < 4.78 is 0. The molecule has 5 heteroatoms. The molecule has 2 fully saturated rings. The average molecular weight is 316 g/mol. The molecular weight excluding hydrogens is 288 g/mol. The molecule has 0 unspecified atom stereocenters. The molecule has 3 heterocycles. The largest absolute Gasteiger partial charge is 0.357 e. The lowest BCUT2D eigenvalue weighted by Gasteiger charge is -2.21. The summed E-state index contributed by atoms with van der Waals surface area (Å²) in [5.74, 6) is 1.36. The number of aryl methyl sites for hydroxylation is 1. The van der Waals surface area contributed by atoms with Gasteiger partial charge < -0.3 is 14.7 Å². The average Bonchev–Trinajstić information content (AvgIpc) is 3.02. The Morgan fingerprint density at radius 3 is 2.74 bits per heavy atom. The van der Waals surface area contributed by atoms with E-state index in [-0.39, 0.29) is 0 Å². The van der Waals surface area contributed by atoms with Gasteiger partial charge in [-0.3, -0.25) is 4.79 Å². The molecule has 3 rings (SSSR count). The number of hydrogen-bond donors (Lipinski definition) is 0. The molecule has 0 N–H and O–H groups in total. The maximum Gasteiger partial charge on any atom is 0.222 e. The molecule has 0 radical (unpaired) electrons. The van der Waals surface area contributed by atoms with Crippen molar-refractivity contribution in [1.82, 2.24) is 14.8 Å². The SMILES string of the molecule is CN1CCCN(C(=O)CCc2ccnc(N3CCCC3)c2)CC1. The molecule has 1 amide bonds. The van der Waals surface area contributed by atoms with Gasteiger partial charge in [0.05, 0.1) is 0 Å². The van der Waals surface area contributed by atoms with Crippen molar-refractivity contribution in [2.24, 2.45) is 0 Å². The normalized spacial score (nSPS) is 19.9. The van der Waals surface area contributed by atoms with Crippen molar-refractivity contribution in [1.29, 1.82) is 0 Å². The summed E-state index contributed by atoms with van der Waals surface area (Å²) in [6, 6.07) is 4.21. The van der Waals surface area contributed by atoms with Crippen molar-refractivity contribution in [3.63, 3.8) is 0 Å². The Morgan fingerprint density at radius 2 is 1.91 bits per heavy atom. The molecule has 0 atom stereocenters. The van der Waals surface area contributed by atoms with Crippen LogP contribution in [0.25, 0.3) is 0 Å². The predicted molar refractivity (Wildman–Crippen MR) is 92.7 cm³/mol. The molecule has 0 aromatic carbocycles. The lowest BCUT2D eigenvalue weighted by Crippen LogP contribution is -2.34. The first-order valence-electron chi connectivity index (χ1n) is 8.88. The lowest BCUT2D eigenvalue weighted by atomic mass is 10.1. The number of rotatable bonds is 4. The first-order valence-corrected chi connectivity index (χ1v) is 8.88. The third-order valence-electron chi connectivity index (χ3n) is 4.94. The van der Waals surface area contributed by atoms with E-state index in [1.54, 1.807) is 0 Å². The monoisotopic (exact) mass is 316 g/mol. The number of carbonyl (C=O) groups excluding carboxylic acids is 1. The second kappa shape index (κ2) is 7.77. The first-order chi connectivity index (χ1) is 11.2. The van der Waals surface area contributed by atoms with Crippen molar-refractivity contribution >= 4 is 11.7 Å². The molecule has 126 valence electrons. The van der Waals surface area contributed by atoms with E-state index < -0.39 is 0 Å². The van der Waals surface area contributed by atoms with E-state index in [0.29, 0.717) is 12.3 Å². The minimum atomic E-state index is 0.292. The fraction of sp³-hybridized carbons (Fsp3) is 0.667. The van der Waals surface area contributed by atoms with Crippen LogP contribution in [-0.2, 0) is 11.2 Å². The summed E-state index contributed by atoms with van der Waals surface area (Å²) in [5.41, 5.74) is 1.22. The van der Waals surface area contributed by atoms with Gasteiger partial charge >= 0.3 is 0 Å². The number of hydrogen-bond acceptors (Lipinski definition) is 4. The molecule has 0 saturated carbocycles. The van der Waals surface area contributed by atoms with Gasteiger partial charge in [-0.2, -0.15) is 0 Å². The molecule has 0 bridgehead atoms. The second-order valence-electron chi connectivity index (χ2n) is 6.75. The Balaban J connectivity index is 1.53. The number of pyridine rings is 1. The van der Waals surface area contributed by atoms with Crippen molar-refractivity contribution in [3.05, 3.63) is 23.9 Å². The Labute approximate surface area is 139 Å². The van der Waals surface area contributed by atoms with Crippen LogP contribution in [0.2, 0.25) is 0 Å². The minimum absolute atomic E-state index is 0.292. The van der Waals surface area contributed by atoms with Crippen LogP contribution in [0.4, 0.5) is 5.82 Å². The maximum atomic E-state index is 12.5. The molecule has 23 heavy (non-hydrogen) atoms. The third-order valence-corrected chi connectivity index (χ3v) is 4.94. The Morgan fingerprint density at radius 1 is 1.09 bits per heavy atom. The maximum absolute atomic E-state index is 12.5. The van der Waals surface area contributed by atoms with Gasteiger partial charge in [0, 0.05) is 45.3 Å². The van der Waals surface area contributed by atoms with E-state index in [4.69, 9.17) is 0 Å². The van der Waals surface area contributed by atoms with Crippen LogP contribution in [-0.4, -0.2) is 67.0 Å². The van der Waals surface area contributed by atoms with Gasteiger partial charge in [0.2, 0.25) is 5.91 Å². The number of amides is 1. The summed E-state index contributed by atoms with van der Waals surface area (Å²) >= 11 is 0. The smallest absolute Gasteiger partial charge is 0.222 e. The highest BCUT2D eigenvalue weighted by molar-refractivity contribution is 5.76. The van der Waals surface area contributed by atoms with Crippen molar-refractivity contribution in [3.8, 4) is 0 Å². The molecule has 2 aliphatic rings. The van der Waals surface area contributed by atoms with Gasteiger partial charge in [0.15, 0.2) is 0 Å². The summed E-state index contributed by atoms with van der Waals surface area (Å²) in [7, 11) is 2.13. The zero-order valence-electron chi connectivity index (χ0n) is 14.2. The highest BCUT2D eigenvalue weighted by Gasteiger charge is 2.18. The Kier molecular flexibility index (Phi) is 5.49. The summed E-state index contributed by atoms with van der Waals surface area (Å²) in [6.45, 7) is 6.06. The lowest BCUT2D eigenvalue weighted by molar-refractivity contribution is -0.131. The van der Waals surface area contributed by atoms with Crippen molar-refractivity contribution < 1.29 is 4.79 Å². The molecule has 2 saturated heterocycles. The van der Waals surface area contributed by atoms with Crippen LogP contribution in [0.3, 0.4) is 0 Å². The zero-order valence-corrected chi connectivity index (χ0v) is 14.2. The number of likely N-dealkylation sites (N-methyl/N-ethyl adjacent to an activating group) is 1. The molecular formula is C18H28N4O. The van der Waals surface area contributed by atoms with Gasteiger partial charge in [0.1, 0.15) is 5.82 Å². The van der Waals surface area contributed by atoms with Crippen LogP contribution >= 0.6 is 0 Å². The van der Waals surface area contributed by atoms with Gasteiger partial charge in [-0.1, -0.05) is 0 Å². The third kappa shape index (κ3) is 4.44. The predicted octanol–water partition coefficient (Wildman–Crippen LogP) is 1.78. The molecule has 2 aliphatic heterocycles. The Bertz CT molecular complexity index is 528. The van der Waals surface area contributed by atoms with E-state index in [9.17, 15) is 4.79 Å². The van der Waals surface area contributed by atoms with Crippen LogP contribution in [0.1, 0.15) is 31.2 Å². The van der Waals surface area contributed by atoms with Gasteiger partial charge in [-0.15, -0.1) is 0 Å². The molecule has 0 spiro atoms. The number of aromatic nitrogens is 1. The topological polar surface area (TPSA) is 39.7 Å². The number of carbonyl (C=O) groups is 1. The summed E-state index contributed by atoms with van der Waals surface area (Å²) in [4.78, 5) is 23.6. The van der Waals surface area contributed by atoms with E-state index in [1.807, 2.05) is 17.2 Å². The highest BCUT2D eigenvalue weighted by atomic mass is 16.2. The fourth-order valence-corrected chi connectivity index (χ4v) is 3.44. The first kappa shape index (κ1) is 16.2. The summed E-state index contributed by atoms with van der Waals surface area (Å²) in [5, 5.41) is 0. The molecule has 1 aromatic heterocycles. The molecule has 5 nitrogen and oxygen atoms in total. The van der Waals surface area contributed by atoms with E-state index in [1.165, 1.54) is 18.4 Å². The quantitative estimate of drug-likeness (QED) is 0.849. The molecule has 0 aliphatic carbocycles. The Hall–Kier alpha value is -1.62. The van der Waals surface area contributed by atoms with Crippen LogP contribution in [0.15, 0.2) is 18.3 Å². The van der Waals surface area contributed by atoms with Crippen LogP contribution < -0.4 is 4.90 Å². The standard InChI is InChI=1S/C18H28N4O/c1-20-9-4-12-22(14-13-20)18(23)6-5-16-7-8-19-17(15-16)21-10-2-3-11-21/h7-8,15H,2-6,9-14H2,1H3. The van der Waals surface area contributed by atoms with Gasteiger partial charge in [0.25, 0.3) is 0 Å². The van der Waals surface area contributed by atoms with Crippen molar-refractivity contribution in [2.75, 3.05) is 51.2 Å². The zero-order chi connectivity index (χ0) is 16.1. The second-order valence-corrected chi connectivity index (χ2v) is 6.75. The van der Waals surface area contributed by atoms with Crippen LogP contribution in [0, 0.1) is 0 Å². The highest BCUT2D eigenvalue weighted by Crippen LogP contribution is 2.19. The van der Waals surface area contributed by atoms with Gasteiger partial charge in [-0.05, 0) is 57.0 Å². The van der Waals surface area contributed by atoms with Crippen molar-refractivity contribution in [2.45, 2.75) is 32.1 Å². The van der Waals surface area contributed by atoms with Gasteiger partial charge in [-0.25, -0.2) is 4.98 Å². The number of nitrogens with zero attached hydrogens (tertiary/aromatic N) is 4. The minimum Gasteiger partial charge on any atom is -0.357 e. The molecule has 1 aromatic rings. The van der Waals surface area contributed by atoms with Crippen LogP contribution in [0.5, 0.6) is 0 Å². The van der Waals surface area contributed by atoms with E-state index >= 15 is 0 Å². The number of anilines is 1.